The third-order valence-corrected chi connectivity index (χ3v) is 4.18. The fourth-order valence-electron chi connectivity index (χ4n) is 1.60. The van der Waals surface area contributed by atoms with Crippen LogP contribution >= 0.6 is 15.9 Å². The summed E-state index contributed by atoms with van der Waals surface area (Å²) in [5.74, 6) is 0.271. The van der Waals surface area contributed by atoms with Crippen LogP contribution in [0, 0.1) is 6.92 Å². The first kappa shape index (κ1) is 14.0. The molecule has 0 atom stereocenters. The number of rotatable bonds is 4. The molecule has 2 aromatic rings. The monoisotopic (exact) mass is 340 g/mol. The van der Waals surface area contributed by atoms with Crippen molar-refractivity contribution in [2.75, 3.05) is 4.72 Å². The predicted molar refractivity (Wildman–Crippen MR) is 79.4 cm³/mol. The highest BCUT2D eigenvalue weighted by Gasteiger charge is 2.12. The molecule has 0 spiro atoms. The van der Waals surface area contributed by atoms with Gasteiger partial charge < -0.3 is 0 Å². The van der Waals surface area contributed by atoms with E-state index in [1.807, 2.05) is 25.1 Å². The largest absolute Gasteiger partial charge is 0.267 e. The topological polar surface area (TPSA) is 59.1 Å². The molecule has 2 rings (SSSR count). The van der Waals surface area contributed by atoms with Gasteiger partial charge in [-0.2, -0.15) is 0 Å². The Bertz CT molecular complexity index is 669. The molecule has 4 nitrogen and oxygen atoms in total. The second-order valence-corrected chi connectivity index (χ2v) is 6.79. The van der Waals surface area contributed by atoms with Crippen LogP contribution in [-0.2, 0) is 15.8 Å². The number of benzene rings is 1. The lowest BCUT2D eigenvalue weighted by molar-refractivity contribution is 0.600. The summed E-state index contributed by atoms with van der Waals surface area (Å²) in [5, 5.41) is 0. The summed E-state index contributed by atoms with van der Waals surface area (Å²) in [4.78, 5) is 4.12. The minimum absolute atomic E-state index is 0.0735. The molecule has 0 radical (unpaired) electrons. The highest BCUT2D eigenvalue weighted by Crippen LogP contribution is 2.14. The first-order chi connectivity index (χ1) is 8.94. The van der Waals surface area contributed by atoms with Gasteiger partial charge in [0.25, 0.3) is 0 Å². The molecule has 0 aliphatic rings. The number of nitrogens with zero attached hydrogens (tertiary/aromatic N) is 1. The molecule has 0 bridgehead atoms. The highest BCUT2D eigenvalue weighted by atomic mass is 79.9. The first-order valence-corrected chi connectivity index (χ1v) is 8.08. The molecule has 100 valence electrons. The van der Waals surface area contributed by atoms with E-state index in [1.54, 1.807) is 24.3 Å². The van der Waals surface area contributed by atoms with Gasteiger partial charge in [0.15, 0.2) is 0 Å². The molecule has 0 amide bonds. The molecular formula is C13H13BrN2O2S. The zero-order valence-electron chi connectivity index (χ0n) is 10.3. The van der Waals surface area contributed by atoms with Gasteiger partial charge in [0.05, 0.1) is 5.75 Å². The molecule has 1 N–H and O–H groups in total. The molecule has 0 saturated heterocycles. The molecule has 0 unspecified atom stereocenters. The lowest BCUT2D eigenvalue weighted by Crippen LogP contribution is -2.16. The Morgan fingerprint density at radius 3 is 2.47 bits per heavy atom. The third-order valence-electron chi connectivity index (χ3n) is 2.42. The second-order valence-electron chi connectivity index (χ2n) is 4.15. The standard InChI is InChI=1S/C13H13BrN2O2S/c1-10-3-2-4-13(15-10)16-19(17,18)9-11-5-7-12(14)8-6-11/h2-8H,9H2,1H3,(H,15,16). The quantitative estimate of drug-likeness (QED) is 0.930. The van der Waals surface area contributed by atoms with Crippen molar-refractivity contribution in [3.05, 3.63) is 58.2 Å². The van der Waals surface area contributed by atoms with E-state index in [0.717, 1.165) is 15.7 Å². The lowest BCUT2D eigenvalue weighted by atomic mass is 10.2. The molecule has 6 heteroatoms. The van der Waals surface area contributed by atoms with Gasteiger partial charge >= 0.3 is 0 Å². The Balaban J connectivity index is 2.13. The summed E-state index contributed by atoms with van der Waals surface area (Å²) in [5.41, 5.74) is 1.49. The maximum absolute atomic E-state index is 12.0. The Morgan fingerprint density at radius 2 is 1.84 bits per heavy atom. The summed E-state index contributed by atoms with van der Waals surface area (Å²) in [6.07, 6.45) is 0. The zero-order valence-corrected chi connectivity index (χ0v) is 12.7. The minimum Gasteiger partial charge on any atom is -0.267 e. The summed E-state index contributed by atoms with van der Waals surface area (Å²) in [6.45, 7) is 1.81. The van der Waals surface area contributed by atoms with Gasteiger partial charge in [-0.25, -0.2) is 13.4 Å². The average molecular weight is 341 g/mol. The Morgan fingerprint density at radius 1 is 1.16 bits per heavy atom. The normalized spacial score (nSPS) is 11.3. The summed E-state index contributed by atoms with van der Waals surface area (Å²) in [6, 6.07) is 12.4. The van der Waals surface area contributed by atoms with Crippen LogP contribution in [0.2, 0.25) is 0 Å². The van der Waals surface area contributed by atoms with E-state index in [4.69, 9.17) is 0 Å². The van der Waals surface area contributed by atoms with Gasteiger partial charge in [-0.3, -0.25) is 4.72 Å². The van der Waals surface area contributed by atoms with E-state index in [0.29, 0.717) is 5.82 Å². The molecule has 19 heavy (non-hydrogen) atoms. The number of sulfonamides is 1. The second kappa shape index (κ2) is 5.71. The number of anilines is 1. The van der Waals surface area contributed by atoms with Crippen molar-refractivity contribution in [3.8, 4) is 0 Å². The zero-order chi connectivity index (χ0) is 13.9. The van der Waals surface area contributed by atoms with Gasteiger partial charge in [0.1, 0.15) is 5.82 Å². The van der Waals surface area contributed by atoms with E-state index >= 15 is 0 Å². The fraction of sp³-hybridized carbons (Fsp3) is 0.154. The molecule has 0 fully saturated rings. The van der Waals surface area contributed by atoms with Crippen molar-refractivity contribution in [1.82, 2.24) is 4.98 Å². The Kier molecular flexibility index (Phi) is 4.21. The van der Waals surface area contributed by atoms with Crippen LogP contribution in [-0.4, -0.2) is 13.4 Å². The van der Waals surface area contributed by atoms with Crippen molar-refractivity contribution in [1.29, 1.82) is 0 Å². The van der Waals surface area contributed by atoms with Crippen molar-refractivity contribution in [2.24, 2.45) is 0 Å². The molecule has 0 saturated carbocycles. The number of halogens is 1. The Hall–Kier alpha value is -1.40. The lowest BCUT2D eigenvalue weighted by Gasteiger charge is -2.08. The smallest absolute Gasteiger partial charge is 0.238 e. The molecule has 1 aromatic heterocycles. The number of hydrogen-bond acceptors (Lipinski definition) is 3. The van der Waals surface area contributed by atoms with Crippen LogP contribution in [0.4, 0.5) is 5.82 Å². The number of pyridine rings is 1. The van der Waals surface area contributed by atoms with Crippen molar-refractivity contribution in [3.63, 3.8) is 0 Å². The predicted octanol–water partition coefficient (Wildman–Crippen LogP) is 3.09. The number of aromatic nitrogens is 1. The average Bonchev–Trinajstić information content (AvgIpc) is 2.31. The van der Waals surface area contributed by atoms with Gasteiger partial charge in [-0.1, -0.05) is 34.1 Å². The molecule has 0 aliphatic carbocycles. The molecular weight excluding hydrogens is 328 g/mol. The highest BCUT2D eigenvalue weighted by molar-refractivity contribution is 9.10. The van der Waals surface area contributed by atoms with E-state index in [1.165, 1.54) is 0 Å². The van der Waals surface area contributed by atoms with E-state index < -0.39 is 10.0 Å². The van der Waals surface area contributed by atoms with Crippen molar-refractivity contribution < 1.29 is 8.42 Å². The summed E-state index contributed by atoms with van der Waals surface area (Å²) >= 11 is 3.31. The molecule has 1 heterocycles. The summed E-state index contributed by atoms with van der Waals surface area (Å²) < 4.78 is 27.4. The van der Waals surface area contributed by atoms with Crippen LogP contribution in [0.3, 0.4) is 0 Å². The van der Waals surface area contributed by atoms with Crippen molar-refractivity contribution in [2.45, 2.75) is 12.7 Å². The molecule has 1 aromatic carbocycles. The van der Waals surface area contributed by atoms with Crippen LogP contribution in [0.5, 0.6) is 0 Å². The van der Waals surface area contributed by atoms with Crippen LogP contribution in [0.25, 0.3) is 0 Å². The van der Waals surface area contributed by atoms with E-state index in [-0.39, 0.29) is 5.75 Å². The van der Waals surface area contributed by atoms with Gasteiger partial charge in [0.2, 0.25) is 10.0 Å². The van der Waals surface area contributed by atoms with Gasteiger partial charge in [-0.15, -0.1) is 0 Å². The maximum Gasteiger partial charge on any atom is 0.238 e. The van der Waals surface area contributed by atoms with Crippen molar-refractivity contribution >= 4 is 31.8 Å². The number of nitrogens with one attached hydrogen (secondary N) is 1. The van der Waals surface area contributed by atoms with E-state index in [2.05, 4.69) is 25.6 Å². The summed E-state index contributed by atoms with van der Waals surface area (Å²) in [7, 11) is -3.45. The SMILES string of the molecule is Cc1cccc(NS(=O)(=O)Cc2ccc(Br)cc2)n1. The Labute approximate surface area is 121 Å². The fourth-order valence-corrected chi connectivity index (χ4v) is 3.00. The molecule has 0 aliphatic heterocycles. The van der Waals surface area contributed by atoms with Gasteiger partial charge in [-0.05, 0) is 36.8 Å². The van der Waals surface area contributed by atoms with E-state index in [9.17, 15) is 8.42 Å². The van der Waals surface area contributed by atoms with Crippen LogP contribution in [0.1, 0.15) is 11.3 Å². The minimum atomic E-state index is -3.45. The first-order valence-electron chi connectivity index (χ1n) is 5.63. The third kappa shape index (κ3) is 4.33. The van der Waals surface area contributed by atoms with Crippen LogP contribution in [0.15, 0.2) is 46.9 Å². The number of hydrogen-bond donors (Lipinski definition) is 1. The van der Waals surface area contributed by atoms with Gasteiger partial charge in [0, 0.05) is 10.2 Å². The maximum atomic E-state index is 12.0. The number of aryl methyl sites for hydroxylation is 1. The van der Waals surface area contributed by atoms with Crippen LogP contribution < -0.4 is 4.72 Å².